The number of nitrogens with zero attached hydrogens (tertiary/aromatic N) is 1. The second-order valence-electron chi connectivity index (χ2n) is 4.68. The van der Waals surface area contributed by atoms with Crippen LogP contribution in [-0.2, 0) is 9.53 Å². The Kier molecular flexibility index (Phi) is 4.92. The maximum Gasteiger partial charge on any atom is 0.325 e. The van der Waals surface area contributed by atoms with E-state index in [1.807, 2.05) is 20.8 Å². The van der Waals surface area contributed by atoms with Gasteiger partial charge in [0.05, 0.1) is 7.11 Å². The van der Waals surface area contributed by atoms with Crippen LogP contribution in [0.2, 0.25) is 0 Å². The number of ether oxygens (including phenoxy) is 1. The number of carbonyl (C=O) groups is 2. The number of nitrogen functional groups attached to an aromatic ring is 1. The molecule has 104 valence electrons. The Hall–Kier alpha value is -2.04. The van der Waals surface area contributed by atoms with Gasteiger partial charge in [0.1, 0.15) is 6.54 Å². The van der Waals surface area contributed by atoms with Gasteiger partial charge in [-0.15, -0.1) is 0 Å². The van der Waals surface area contributed by atoms with E-state index in [-0.39, 0.29) is 18.5 Å². The Morgan fingerprint density at radius 2 is 2.00 bits per heavy atom. The number of nitrogens with two attached hydrogens (primary N) is 1. The van der Waals surface area contributed by atoms with Crippen molar-refractivity contribution in [1.82, 2.24) is 4.90 Å². The lowest BCUT2D eigenvalue weighted by Crippen LogP contribution is -2.41. The van der Waals surface area contributed by atoms with Gasteiger partial charge in [-0.05, 0) is 44.5 Å². The highest BCUT2D eigenvalue weighted by Gasteiger charge is 2.23. The lowest BCUT2D eigenvalue weighted by atomic mass is 10.1. The second-order valence-corrected chi connectivity index (χ2v) is 4.68. The molecule has 0 spiro atoms. The largest absolute Gasteiger partial charge is 0.468 e. The van der Waals surface area contributed by atoms with Crippen LogP contribution in [0.3, 0.4) is 0 Å². The highest BCUT2D eigenvalue weighted by atomic mass is 16.5. The lowest BCUT2D eigenvalue weighted by molar-refractivity contribution is -0.141. The monoisotopic (exact) mass is 264 g/mol. The molecule has 0 saturated heterocycles. The Balaban J connectivity index is 3.02. The molecule has 0 fully saturated rings. The molecule has 0 saturated carbocycles. The number of anilines is 1. The number of hydrogen-bond donors (Lipinski definition) is 1. The molecule has 0 bridgehead atoms. The van der Waals surface area contributed by atoms with Gasteiger partial charge in [-0.1, -0.05) is 0 Å². The van der Waals surface area contributed by atoms with Crippen LogP contribution in [0, 0.1) is 6.92 Å². The van der Waals surface area contributed by atoms with E-state index in [4.69, 9.17) is 5.73 Å². The van der Waals surface area contributed by atoms with Crippen molar-refractivity contribution in [2.24, 2.45) is 0 Å². The van der Waals surface area contributed by atoms with Gasteiger partial charge in [-0.25, -0.2) is 0 Å². The SMILES string of the molecule is COC(=O)CN(C(=O)c1ccc(N)cc1C)C(C)C. The number of amides is 1. The van der Waals surface area contributed by atoms with Crippen LogP contribution in [-0.4, -0.2) is 36.5 Å². The summed E-state index contributed by atoms with van der Waals surface area (Å²) >= 11 is 0. The number of hydrogen-bond acceptors (Lipinski definition) is 4. The van der Waals surface area contributed by atoms with E-state index in [2.05, 4.69) is 4.74 Å². The number of carbonyl (C=O) groups excluding carboxylic acids is 2. The zero-order chi connectivity index (χ0) is 14.6. The summed E-state index contributed by atoms with van der Waals surface area (Å²) in [7, 11) is 1.31. The summed E-state index contributed by atoms with van der Waals surface area (Å²) in [6, 6.07) is 5.00. The summed E-state index contributed by atoms with van der Waals surface area (Å²) in [6.07, 6.45) is 0. The molecule has 0 aromatic heterocycles. The van der Waals surface area contributed by atoms with E-state index < -0.39 is 5.97 Å². The molecule has 1 rings (SSSR count). The van der Waals surface area contributed by atoms with E-state index in [0.29, 0.717) is 11.3 Å². The molecule has 0 aliphatic carbocycles. The molecule has 0 aliphatic heterocycles. The second kappa shape index (κ2) is 6.22. The molecule has 1 amide bonds. The molecule has 5 heteroatoms. The van der Waals surface area contributed by atoms with Gasteiger partial charge in [-0.3, -0.25) is 9.59 Å². The van der Waals surface area contributed by atoms with E-state index >= 15 is 0 Å². The van der Waals surface area contributed by atoms with Crippen molar-refractivity contribution < 1.29 is 14.3 Å². The first-order chi connectivity index (χ1) is 8.86. The smallest absolute Gasteiger partial charge is 0.325 e. The highest BCUT2D eigenvalue weighted by molar-refractivity contribution is 5.97. The van der Waals surface area contributed by atoms with E-state index in [1.165, 1.54) is 12.0 Å². The first kappa shape index (κ1) is 15.0. The first-order valence-electron chi connectivity index (χ1n) is 6.10. The summed E-state index contributed by atoms with van der Waals surface area (Å²) in [4.78, 5) is 25.3. The normalized spacial score (nSPS) is 10.4. The van der Waals surface area contributed by atoms with Crippen LogP contribution in [0.4, 0.5) is 5.69 Å². The van der Waals surface area contributed by atoms with E-state index in [0.717, 1.165) is 5.56 Å². The number of benzene rings is 1. The molecule has 0 radical (unpaired) electrons. The fourth-order valence-electron chi connectivity index (χ4n) is 1.77. The molecular formula is C14H20N2O3. The van der Waals surface area contributed by atoms with Gasteiger partial charge in [0, 0.05) is 17.3 Å². The predicted molar refractivity (Wildman–Crippen MR) is 73.8 cm³/mol. The molecular weight excluding hydrogens is 244 g/mol. The molecule has 0 unspecified atom stereocenters. The molecule has 5 nitrogen and oxygen atoms in total. The maximum absolute atomic E-state index is 12.4. The summed E-state index contributed by atoms with van der Waals surface area (Å²) in [5.41, 5.74) is 7.62. The summed E-state index contributed by atoms with van der Waals surface area (Å²) < 4.78 is 4.61. The fourth-order valence-corrected chi connectivity index (χ4v) is 1.77. The van der Waals surface area contributed by atoms with Gasteiger partial charge in [0.25, 0.3) is 5.91 Å². The van der Waals surface area contributed by atoms with Gasteiger partial charge in [-0.2, -0.15) is 0 Å². The Bertz CT molecular complexity index is 484. The summed E-state index contributed by atoms with van der Waals surface area (Å²) in [5, 5.41) is 0. The fraction of sp³-hybridized carbons (Fsp3) is 0.429. The third kappa shape index (κ3) is 3.71. The number of esters is 1. The van der Waals surface area contributed by atoms with E-state index in [9.17, 15) is 9.59 Å². The van der Waals surface area contributed by atoms with Crippen molar-refractivity contribution in [3.63, 3.8) is 0 Å². The minimum absolute atomic E-state index is 0.0587. The Morgan fingerprint density at radius 1 is 1.37 bits per heavy atom. The average molecular weight is 264 g/mol. The van der Waals surface area contributed by atoms with Crippen LogP contribution >= 0.6 is 0 Å². The molecule has 1 aromatic carbocycles. The zero-order valence-corrected chi connectivity index (χ0v) is 11.8. The number of aryl methyl sites for hydroxylation is 1. The molecule has 1 aromatic rings. The van der Waals surface area contributed by atoms with Crippen molar-refractivity contribution >= 4 is 17.6 Å². The molecule has 19 heavy (non-hydrogen) atoms. The first-order valence-corrected chi connectivity index (χ1v) is 6.10. The van der Waals surface area contributed by atoms with Crippen LogP contribution in [0.25, 0.3) is 0 Å². The minimum Gasteiger partial charge on any atom is -0.468 e. The molecule has 0 heterocycles. The summed E-state index contributed by atoms with van der Waals surface area (Å²) in [6.45, 7) is 5.47. The maximum atomic E-state index is 12.4. The van der Waals surface area contributed by atoms with E-state index in [1.54, 1.807) is 18.2 Å². The molecule has 0 aliphatic rings. The van der Waals surface area contributed by atoms with Crippen LogP contribution in [0.5, 0.6) is 0 Å². The van der Waals surface area contributed by atoms with Crippen molar-refractivity contribution in [2.45, 2.75) is 26.8 Å². The Morgan fingerprint density at radius 3 is 2.47 bits per heavy atom. The Labute approximate surface area is 113 Å². The van der Waals surface area contributed by atoms with Gasteiger partial charge < -0.3 is 15.4 Å². The third-order valence-electron chi connectivity index (χ3n) is 2.89. The number of rotatable bonds is 4. The van der Waals surface area contributed by atoms with Crippen molar-refractivity contribution in [3.8, 4) is 0 Å². The van der Waals surface area contributed by atoms with Crippen molar-refractivity contribution in [2.75, 3.05) is 19.4 Å². The predicted octanol–water partition coefficient (Wildman–Crippen LogP) is 1.60. The van der Waals surface area contributed by atoms with Crippen LogP contribution < -0.4 is 5.73 Å². The van der Waals surface area contributed by atoms with Crippen molar-refractivity contribution in [1.29, 1.82) is 0 Å². The van der Waals surface area contributed by atoms with Gasteiger partial charge in [0.2, 0.25) is 0 Å². The van der Waals surface area contributed by atoms with Gasteiger partial charge in [0.15, 0.2) is 0 Å². The molecule has 0 atom stereocenters. The summed E-state index contributed by atoms with van der Waals surface area (Å²) in [5.74, 6) is -0.631. The topological polar surface area (TPSA) is 72.6 Å². The van der Waals surface area contributed by atoms with Crippen LogP contribution in [0.1, 0.15) is 29.8 Å². The highest BCUT2D eigenvalue weighted by Crippen LogP contribution is 2.16. The molecule has 2 N–H and O–H groups in total. The van der Waals surface area contributed by atoms with Crippen molar-refractivity contribution in [3.05, 3.63) is 29.3 Å². The third-order valence-corrected chi connectivity index (χ3v) is 2.89. The lowest BCUT2D eigenvalue weighted by Gasteiger charge is -2.26. The van der Waals surface area contributed by atoms with Crippen LogP contribution in [0.15, 0.2) is 18.2 Å². The average Bonchev–Trinajstić information content (AvgIpc) is 2.34. The standard InChI is InChI=1S/C14H20N2O3/c1-9(2)16(8-13(17)19-4)14(18)12-6-5-11(15)7-10(12)3/h5-7,9H,8,15H2,1-4H3. The minimum atomic E-state index is -0.435. The van der Waals surface area contributed by atoms with Gasteiger partial charge >= 0.3 is 5.97 Å². The zero-order valence-electron chi connectivity index (χ0n) is 11.8. The quantitative estimate of drug-likeness (QED) is 0.662. The number of methoxy groups -OCH3 is 1.